The molecule has 1 aliphatic carbocycles. The van der Waals surface area contributed by atoms with Crippen LogP contribution < -0.4 is 19.8 Å². The van der Waals surface area contributed by atoms with Crippen molar-refractivity contribution in [3.05, 3.63) is 58.4 Å². The SMILES string of the molecule is COc1ccc(S(=O)(=O)N(Cc2cc3cc4c(cc3[nH]c2=O)OCCO4)C2CCCC2)cc1. The zero-order valence-corrected chi connectivity index (χ0v) is 19.2. The highest BCUT2D eigenvalue weighted by Crippen LogP contribution is 2.34. The summed E-state index contributed by atoms with van der Waals surface area (Å²) in [5.74, 6) is 1.79. The predicted molar refractivity (Wildman–Crippen MR) is 124 cm³/mol. The Balaban J connectivity index is 1.53. The van der Waals surface area contributed by atoms with Gasteiger partial charge in [0, 0.05) is 29.6 Å². The third-order valence-electron chi connectivity index (χ3n) is 6.31. The van der Waals surface area contributed by atoms with E-state index in [1.54, 1.807) is 36.4 Å². The molecule has 9 heteroatoms. The van der Waals surface area contributed by atoms with Crippen molar-refractivity contribution < 1.29 is 22.6 Å². The molecular formula is C24H26N2O6S. The monoisotopic (exact) mass is 470 g/mol. The van der Waals surface area contributed by atoms with Crippen molar-refractivity contribution in [2.45, 2.75) is 43.2 Å². The van der Waals surface area contributed by atoms with Crippen LogP contribution in [0.25, 0.3) is 10.9 Å². The molecule has 0 saturated heterocycles. The van der Waals surface area contributed by atoms with Crippen LogP contribution in [0.2, 0.25) is 0 Å². The van der Waals surface area contributed by atoms with E-state index in [4.69, 9.17) is 14.2 Å². The van der Waals surface area contributed by atoms with E-state index in [2.05, 4.69) is 4.98 Å². The molecule has 1 aliphatic heterocycles. The molecule has 0 unspecified atom stereocenters. The van der Waals surface area contributed by atoms with Crippen LogP contribution in [-0.2, 0) is 16.6 Å². The number of aromatic nitrogens is 1. The number of aromatic amines is 1. The highest BCUT2D eigenvalue weighted by molar-refractivity contribution is 7.89. The molecule has 8 nitrogen and oxygen atoms in total. The van der Waals surface area contributed by atoms with E-state index in [9.17, 15) is 13.2 Å². The number of nitrogens with zero attached hydrogens (tertiary/aromatic N) is 1. The molecule has 1 N–H and O–H groups in total. The first kappa shape index (κ1) is 21.8. The fourth-order valence-electron chi connectivity index (χ4n) is 4.56. The fraction of sp³-hybridized carbons (Fsp3) is 0.375. The van der Waals surface area contributed by atoms with Gasteiger partial charge in [-0.25, -0.2) is 8.42 Å². The van der Waals surface area contributed by atoms with Crippen molar-refractivity contribution in [1.29, 1.82) is 0 Å². The standard InChI is InChI=1S/C24H26N2O6S/c1-30-19-6-8-20(9-7-19)33(28,29)26(18-4-2-3-5-18)15-17-12-16-13-22-23(32-11-10-31-22)14-21(16)25-24(17)27/h6-9,12-14,18H,2-5,10-11,15H2,1H3,(H,25,27). The molecule has 2 aromatic carbocycles. The number of hydrogen-bond acceptors (Lipinski definition) is 6. The quantitative estimate of drug-likeness (QED) is 0.593. The van der Waals surface area contributed by atoms with Gasteiger partial charge in [-0.1, -0.05) is 12.8 Å². The Hall–Kier alpha value is -3.04. The molecule has 3 aromatic rings. The van der Waals surface area contributed by atoms with Crippen LogP contribution in [0.1, 0.15) is 31.2 Å². The number of fused-ring (bicyclic) bond motifs is 2. The van der Waals surface area contributed by atoms with E-state index in [1.165, 1.54) is 11.4 Å². The Morgan fingerprint density at radius 3 is 2.36 bits per heavy atom. The van der Waals surface area contributed by atoms with Gasteiger partial charge in [0.15, 0.2) is 11.5 Å². The summed E-state index contributed by atoms with van der Waals surface area (Å²) in [4.78, 5) is 16.0. The Labute approximate surface area is 192 Å². The number of benzene rings is 2. The number of hydrogen-bond donors (Lipinski definition) is 1. The summed E-state index contributed by atoms with van der Waals surface area (Å²) in [6.45, 7) is 0.920. The van der Waals surface area contributed by atoms with Crippen molar-refractivity contribution in [3.8, 4) is 17.2 Å². The summed E-state index contributed by atoms with van der Waals surface area (Å²) in [6.07, 6.45) is 3.49. The lowest BCUT2D eigenvalue weighted by atomic mass is 10.1. The van der Waals surface area contributed by atoms with Crippen molar-refractivity contribution >= 4 is 20.9 Å². The third kappa shape index (κ3) is 4.18. The first-order valence-electron chi connectivity index (χ1n) is 11.1. The predicted octanol–water partition coefficient (Wildman–Crippen LogP) is 3.44. The van der Waals surface area contributed by atoms with Crippen LogP contribution in [0.15, 0.2) is 52.2 Å². The summed E-state index contributed by atoms with van der Waals surface area (Å²) in [5.41, 5.74) is 0.702. The molecule has 174 valence electrons. The number of rotatable bonds is 6. The summed E-state index contributed by atoms with van der Waals surface area (Å²) in [7, 11) is -2.28. The van der Waals surface area contributed by atoms with Gasteiger partial charge >= 0.3 is 0 Å². The minimum Gasteiger partial charge on any atom is -0.497 e. The number of methoxy groups -OCH3 is 1. The molecule has 2 heterocycles. The average molecular weight is 471 g/mol. The zero-order valence-electron chi connectivity index (χ0n) is 18.4. The van der Waals surface area contributed by atoms with Crippen LogP contribution in [0.3, 0.4) is 0 Å². The molecule has 0 bridgehead atoms. The molecule has 0 spiro atoms. The Kier molecular flexibility index (Phi) is 5.76. The van der Waals surface area contributed by atoms with Crippen molar-refractivity contribution in [2.75, 3.05) is 20.3 Å². The van der Waals surface area contributed by atoms with Crippen LogP contribution in [0.4, 0.5) is 0 Å². The van der Waals surface area contributed by atoms with E-state index >= 15 is 0 Å². The lowest BCUT2D eigenvalue weighted by Crippen LogP contribution is -2.39. The second kappa shape index (κ2) is 8.72. The topological polar surface area (TPSA) is 97.9 Å². The molecular weight excluding hydrogens is 444 g/mol. The molecule has 1 saturated carbocycles. The molecule has 1 fully saturated rings. The van der Waals surface area contributed by atoms with Crippen molar-refractivity contribution in [2.24, 2.45) is 0 Å². The second-order valence-electron chi connectivity index (χ2n) is 8.37. The summed E-state index contributed by atoms with van der Waals surface area (Å²) < 4.78 is 45.2. The maximum Gasteiger partial charge on any atom is 0.252 e. The number of pyridine rings is 1. The molecule has 2 aliphatic rings. The first-order chi connectivity index (χ1) is 16.0. The van der Waals surface area contributed by atoms with E-state index < -0.39 is 10.0 Å². The normalized spacial score (nSPS) is 16.4. The minimum atomic E-state index is -3.81. The molecule has 0 radical (unpaired) electrons. The average Bonchev–Trinajstić information content (AvgIpc) is 3.36. The van der Waals surface area contributed by atoms with Gasteiger partial charge in [0.2, 0.25) is 10.0 Å². The number of ether oxygens (including phenoxy) is 3. The first-order valence-corrected chi connectivity index (χ1v) is 12.5. The van der Waals surface area contributed by atoms with E-state index in [0.29, 0.717) is 41.5 Å². The maximum absolute atomic E-state index is 13.6. The molecule has 1 aromatic heterocycles. The van der Waals surface area contributed by atoms with Gasteiger partial charge < -0.3 is 19.2 Å². The van der Waals surface area contributed by atoms with Crippen molar-refractivity contribution in [3.63, 3.8) is 0 Å². The van der Waals surface area contributed by atoms with Crippen LogP contribution in [0.5, 0.6) is 17.2 Å². The smallest absolute Gasteiger partial charge is 0.252 e. The van der Waals surface area contributed by atoms with Gasteiger partial charge in [0.1, 0.15) is 19.0 Å². The summed E-state index contributed by atoms with van der Waals surface area (Å²) in [5, 5.41) is 0.766. The highest BCUT2D eigenvalue weighted by atomic mass is 32.2. The zero-order chi connectivity index (χ0) is 23.0. The van der Waals surface area contributed by atoms with Crippen LogP contribution >= 0.6 is 0 Å². The second-order valence-corrected chi connectivity index (χ2v) is 10.3. The lowest BCUT2D eigenvalue weighted by molar-refractivity contribution is 0.172. The Bertz CT molecular complexity index is 1330. The van der Waals surface area contributed by atoms with Gasteiger partial charge in [-0.05, 0) is 49.2 Å². The maximum atomic E-state index is 13.6. The van der Waals surface area contributed by atoms with Gasteiger partial charge in [-0.15, -0.1) is 0 Å². The van der Waals surface area contributed by atoms with Gasteiger partial charge in [0.05, 0.1) is 17.5 Å². The van der Waals surface area contributed by atoms with Gasteiger partial charge in [-0.3, -0.25) is 4.79 Å². The van der Waals surface area contributed by atoms with Gasteiger partial charge in [-0.2, -0.15) is 4.31 Å². The Morgan fingerprint density at radius 1 is 1.03 bits per heavy atom. The van der Waals surface area contributed by atoms with Crippen LogP contribution in [0, 0.1) is 0 Å². The van der Waals surface area contributed by atoms with E-state index in [-0.39, 0.29) is 23.0 Å². The summed E-state index contributed by atoms with van der Waals surface area (Å²) in [6, 6.07) is 11.5. The molecule has 33 heavy (non-hydrogen) atoms. The highest BCUT2D eigenvalue weighted by Gasteiger charge is 2.34. The van der Waals surface area contributed by atoms with E-state index in [1.807, 2.05) is 6.07 Å². The van der Waals surface area contributed by atoms with Gasteiger partial charge in [0.25, 0.3) is 5.56 Å². The Morgan fingerprint density at radius 2 is 1.70 bits per heavy atom. The largest absolute Gasteiger partial charge is 0.497 e. The molecule has 5 rings (SSSR count). The number of nitrogens with one attached hydrogen (secondary N) is 1. The summed E-state index contributed by atoms with van der Waals surface area (Å²) >= 11 is 0. The fourth-order valence-corrected chi connectivity index (χ4v) is 6.22. The number of H-pyrrole nitrogens is 1. The van der Waals surface area contributed by atoms with Crippen LogP contribution in [-0.4, -0.2) is 44.1 Å². The van der Waals surface area contributed by atoms with E-state index in [0.717, 1.165) is 31.1 Å². The van der Waals surface area contributed by atoms with Crippen molar-refractivity contribution in [1.82, 2.24) is 9.29 Å². The molecule has 0 amide bonds. The minimum absolute atomic E-state index is 0.00125. The lowest BCUT2D eigenvalue weighted by Gasteiger charge is -2.28. The molecule has 0 atom stereocenters. The number of sulfonamides is 1. The third-order valence-corrected chi connectivity index (χ3v) is 8.22.